The van der Waals surface area contributed by atoms with Crippen molar-refractivity contribution in [1.82, 2.24) is 20.3 Å². The molecule has 12 heteroatoms. The molecule has 4 heterocycles. The van der Waals surface area contributed by atoms with E-state index >= 15 is 0 Å². The number of aromatic nitrogens is 3. The van der Waals surface area contributed by atoms with Gasteiger partial charge in [-0.1, -0.05) is 11.6 Å². The first-order valence-electron chi connectivity index (χ1n) is 11.6. The number of aliphatic hydroxyl groups excluding tert-OH is 1. The molecule has 36 heavy (non-hydrogen) atoms. The second-order valence-corrected chi connectivity index (χ2v) is 10.2. The van der Waals surface area contributed by atoms with Crippen LogP contribution < -0.4 is 20.7 Å². The van der Waals surface area contributed by atoms with Crippen LogP contribution in [0.2, 0.25) is 5.02 Å². The molecule has 3 aromatic heterocycles. The summed E-state index contributed by atoms with van der Waals surface area (Å²) in [5.41, 5.74) is 2.34. The zero-order valence-electron chi connectivity index (χ0n) is 19.5. The Morgan fingerprint density at radius 3 is 2.97 bits per heavy atom. The molecule has 2 amide bonds. The van der Waals surface area contributed by atoms with E-state index in [1.54, 1.807) is 30.5 Å². The Balaban J connectivity index is 1.20. The molecule has 1 fully saturated rings. The Labute approximate surface area is 216 Å². The zero-order valence-corrected chi connectivity index (χ0v) is 21.0. The summed E-state index contributed by atoms with van der Waals surface area (Å²) >= 11 is 7.79. The molecule has 0 radical (unpaired) electrons. The van der Waals surface area contributed by atoms with Gasteiger partial charge in [-0.05, 0) is 37.5 Å². The van der Waals surface area contributed by atoms with Crippen molar-refractivity contribution < 1.29 is 19.4 Å². The third kappa shape index (κ3) is 5.24. The molecule has 1 saturated carbocycles. The maximum atomic E-state index is 13.0. The number of carbonyl (C=O) groups excluding carboxylic acids is 2. The van der Waals surface area contributed by atoms with Gasteiger partial charge in [-0.25, -0.2) is 9.97 Å². The molecule has 0 unspecified atom stereocenters. The Morgan fingerprint density at radius 2 is 2.17 bits per heavy atom. The number of ether oxygens (including phenoxy) is 1. The molecule has 3 atom stereocenters. The van der Waals surface area contributed by atoms with Crippen molar-refractivity contribution in [3.63, 3.8) is 0 Å². The van der Waals surface area contributed by atoms with Crippen molar-refractivity contribution in [2.24, 2.45) is 5.92 Å². The number of halogens is 1. The molecule has 5 rings (SSSR count). The van der Waals surface area contributed by atoms with Gasteiger partial charge in [0.1, 0.15) is 11.3 Å². The minimum Gasteiger partial charge on any atom is -0.481 e. The number of hydrogen-bond donors (Lipinski definition) is 4. The Kier molecular flexibility index (Phi) is 7.24. The van der Waals surface area contributed by atoms with Crippen LogP contribution in [0.3, 0.4) is 0 Å². The van der Waals surface area contributed by atoms with Crippen LogP contribution >= 0.6 is 23.4 Å². The number of methoxy groups -OCH3 is 1. The minimum atomic E-state index is -0.714. The molecule has 0 spiro atoms. The fourth-order valence-corrected chi connectivity index (χ4v) is 5.53. The molecule has 10 nitrogen and oxygen atoms in total. The summed E-state index contributed by atoms with van der Waals surface area (Å²) in [6.45, 7) is 0.335. The first-order valence-corrected chi connectivity index (χ1v) is 12.9. The summed E-state index contributed by atoms with van der Waals surface area (Å²) in [7, 11) is 1.53. The van der Waals surface area contributed by atoms with E-state index in [-0.39, 0.29) is 23.8 Å². The van der Waals surface area contributed by atoms with Crippen molar-refractivity contribution in [3.05, 3.63) is 41.2 Å². The molecule has 3 aromatic rings. The van der Waals surface area contributed by atoms with Crippen LogP contribution in [0.5, 0.6) is 5.88 Å². The van der Waals surface area contributed by atoms with Crippen LogP contribution in [-0.4, -0.2) is 56.9 Å². The van der Waals surface area contributed by atoms with Gasteiger partial charge in [0.25, 0.3) is 0 Å². The van der Waals surface area contributed by atoms with Crippen LogP contribution in [0, 0.1) is 5.92 Å². The lowest BCUT2D eigenvalue weighted by molar-refractivity contribution is -0.122. The molecule has 0 saturated heterocycles. The summed E-state index contributed by atoms with van der Waals surface area (Å²) in [4.78, 5) is 38.7. The smallest absolute Gasteiger partial charge is 0.235 e. The molecular weight excluding hydrogens is 504 g/mol. The molecule has 4 N–H and O–H groups in total. The number of nitrogens with one attached hydrogen (secondary N) is 3. The third-order valence-electron chi connectivity index (χ3n) is 6.37. The SMILES string of the molecule is COc1ccc2nccc(NC(=O)[C@@H]3CC[C@@H](NCc4nc5c(cc4Cl)SCC(=O)N5)[C@H](O)C3)c2n1. The lowest BCUT2D eigenvalue weighted by Crippen LogP contribution is -2.46. The van der Waals surface area contributed by atoms with Crippen molar-refractivity contribution in [1.29, 1.82) is 0 Å². The highest BCUT2D eigenvalue weighted by Crippen LogP contribution is 2.34. The number of nitrogens with zero attached hydrogens (tertiary/aromatic N) is 3. The maximum Gasteiger partial charge on any atom is 0.235 e. The van der Waals surface area contributed by atoms with Gasteiger partial charge >= 0.3 is 0 Å². The molecule has 1 aliphatic heterocycles. The Hall–Kier alpha value is -2.99. The number of thioether (sulfide) groups is 1. The fourth-order valence-electron chi connectivity index (χ4n) is 4.45. The van der Waals surface area contributed by atoms with Gasteiger partial charge in [0.2, 0.25) is 17.7 Å². The molecular formula is C24H25ClN6O4S. The van der Waals surface area contributed by atoms with E-state index in [1.807, 2.05) is 0 Å². The molecule has 0 bridgehead atoms. The van der Waals surface area contributed by atoms with E-state index in [9.17, 15) is 14.7 Å². The van der Waals surface area contributed by atoms with Crippen LogP contribution in [0.4, 0.5) is 11.5 Å². The first kappa shape index (κ1) is 24.7. The zero-order chi connectivity index (χ0) is 25.2. The van der Waals surface area contributed by atoms with Gasteiger partial charge in [-0.3, -0.25) is 14.6 Å². The topological polar surface area (TPSA) is 138 Å². The minimum absolute atomic E-state index is 0.0945. The van der Waals surface area contributed by atoms with E-state index < -0.39 is 6.10 Å². The Bertz CT molecular complexity index is 1330. The highest BCUT2D eigenvalue weighted by molar-refractivity contribution is 8.00. The van der Waals surface area contributed by atoms with E-state index in [0.717, 1.165) is 4.90 Å². The number of carbonyl (C=O) groups is 2. The summed E-state index contributed by atoms with van der Waals surface area (Å²) in [6.07, 6.45) is 2.44. The van der Waals surface area contributed by atoms with Gasteiger partial charge in [0, 0.05) is 30.8 Å². The predicted molar refractivity (Wildman–Crippen MR) is 137 cm³/mol. The van der Waals surface area contributed by atoms with Gasteiger partial charge in [0.15, 0.2) is 0 Å². The average Bonchev–Trinajstić information content (AvgIpc) is 2.88. The summed E-state index contributed by atoms with van der Waals surface area (Å²) < 4.78 is 5.19. The summed E-state index contributed by atoms with van der Waals surface area (Å²) in [5.74, 6) is 0.676. The number of hydrogen-bond acceptors (Lipinski definition) is 9. The quantitative estimate of drug-likeness (QED) is 0.380. The predicted octanol–water partition coefficient (Wildman–Crippen LogP) is 2.99. The summed E-state index contributed by atoms with van der Waals surface area (Å²) in [6, 6.07) is 6.80. The number of amides is 2. The van der Waals surface area contributed by atoms with E-state index in [4.69, 9.17) is 16.3 Å². The second-order valence-electron chi connectivity index (χ2n) is 8.73. The highest BCUT2D eigenvalue weighted by atomic mass is 35.5. The number of aliphatic hydroxyl groups is 1. The van der Waals surface area contributed by atoms with Crippen LogP contribution in [0.1, 0.15) is 25.0 Å². The normalized spacial score (nSPS) is 21.5. The molecule has 2 aliphatic rings. The third-order valence-corrected chi connectivity index (χ3v) is 7.73. The van der Waals surface area contributed by atoms with Crippen LogP contribution in [-0.2, 0) is 16.1 Å². The Morgan fingerprint density at radius 1 is 1.31 bits per heavy atom. The fraction of sp³-hybridized carbons (Fsp3) is 0.375. The van der Waals surface area contributed by atoms with E-state index in [2.05, 4.69) is 30.9 Å². The molecule has 0 aromatic carbocycles. The molecule has 1 aliphatic carbocycles. The number of pyridine rings is 3. The molecule has 188 valence electrons. The lowest BCUT2D eigenvalue weighted by Gasteiger charge is -2.33. The van der Waals surface area contributed by atoms with Gasteiger partial charge in [-0.2, -0.15) is 0 Å². The van der Waals surface area contributed by atoms with Crippen molar-refractivity contribution >= 4 is 57.7 Å². The number of anilines is 2. The number of fused-ring (bicyclic) bond motifs is 2. The second kappa shape index (κ2) is 10.6. The van der Waals surface area contributed by atoms with E-state index in [1.165, 1.54) is 18.9 Å². The van der Waals surface area contributed by atoms with E-state index in [0.29, 0.717) is 70.7 Å². The monoisotopic (exact) mass is 528 g/mol. The van der Waals surface area contributed by atoms with Crippen LogP contribution in [0.15, 0.2) is 35.4 Å². The van der Waals surface area contributed by atoms with Crippen molar-refractivity contribution in [2.45, 2.75) is 42.8 Å². The van der Waals surface area contributed by atoms with Gasteiger partial charge in [0.05, 0.1) is 45.8 Å². The van der Waals surface area contributed by atoms with Gasteiger partial charge in [-0.15, -0.1) is 11.8 Å². The van der Waals surface area contributed by atoms with Crippen molar-refractivity contribution in [2.75, 3.05) is 23.5 Å². The van der Waals surface area contributed by atoms with Gasteiger partial charge < -0.3 is 25.8 Å². The highest BCUT2D eigenvalue weighted by Gasteiger charge is 2.33. The largest absolute Gasteiger partial charge is 0.481 e. The standard InChI is InChI=1S/C24H25ClN6O4S/c1-35-21-5-4-15-22(31-21)16(6-7-26-15)29-24(34)12-2-3-14(18(32)8-12)27-10-17-13(25)9-19-23(28-17)30-20(33)11-36-19/h4-7,9,12,14,18,27,32H,2-3,8,10-11H2,1H3,(H,26,29,34)(H,28,30,33)/t12-,14-,18-/m1/s1. The first-order chi connectivity index (χ1) is 17.4. The lowest BCUT2D eigenvalue weighted by atomic mass is 9.83. The van der Waals surface area contributed by atoms with Crippen molar-refractivity contribution in [3.8, 4) is 5.88 Å². The number of rotatable bonds is 6. The summed E-state index contributed by atoms with van der Waals surface area (Å²) in [5, 5.41) is 20.3. The van der Waals surface area contributed by atoms with Crippen LogP contribution in [0.25, 0.3) is 11.0 Å². The maximum absolute atomic E-state index is 13.0. The average molecular weight is 529 g/mol.